The van der Waals surface area contributed by atoms with Crippen molar-refractivity contribution in [3.63, 3.8) is 0 Å². The van der Waals surface area contributed by atoms with Crippen LogP contribution in [0.15, 0.2) is 12.3 Å². The molecule has 1 aromatic heterocycles. The van der Waals surface area contributed by atoms with Crippen molar-refractivity contribution in [2.45, 2.75) is 30.8 Å². The summed E-state index contributed by atoms with van der Waals surface area (Å²) in [5.41, 5.74) is -0.692. The molecule has 2 fully saturated rings. The van der Waals surface area contributed by atoms with Gasteiger partial charge in [0.1, 0.15) is 11.2 Å². The predicted molar refractivity (Wildman–Crippen MR) is 77.5 cm³/mol. The minimum Gasteiger partial charge on any atom is -0.479 e. The van der Waals surface area contributed by atoms with E-state index in [1.807, 2.05) is 4.57 Å². The van der Waals surface area contributed by atoms with Crippen molar-refractivity contribution in [1.82, 2.24) is 9.88 Å². The molecule has 2 heterocycles. The molecule has 0 spiro atoms. The molecule has 7 heteroatoms. The lowest BCUT2D eigenvalue weighted by Crippen LogP contribution is -2.55. The summed E-state index contributed by atoms with van der Waals surface area (Å²) in [4.78, 5) is 23.9. The molecule has 3 rings (SSSR count). The maximum atomic E-state index is 12.4. The number of carboxylic acid groups (broad SMARTS) is 1. The van der Waals surface area contributed by atoms with Crippen LogP contribution in [0.5, 0.6) is 0 Å². The van der Waals surface area contributed by atoms with Crippen molar-refractivity contribution in [2.24, 2.45) is 0 Å². The van der Waals surface area contributed by atoms with Crippen LogP contribution in [0, 0.1) is 0 Å². The lowest BCUT2D eigenvalue weighted by molar-refractivity contribution is -0.143. The van der Waals surface area contributed by atoms with E-state index in [9.17, 15) is 14.7 Å². The Morgan fingerprint density at radius 2 is 2.25 bits per heavy atom. The number of aliphatic carboxylic acids is 1. The summed E-state index contributed by atoms with van der Waals surface area (Å²) in [7, 11) is 0. The van der Waals surface area contributed by atoms with Gasteiger partial charge >= 0.3 is 5.97 Å². The van der Waals surface area contributed by atoms with E-state index in [1.54, 1.807) is 24.0 Å². The largest absolute Gasteiger partial charge is 0.479 e. The highest BCUT2D eigenvalue weighted by molar-refractivity contribution is 7.99. The quantitative estimate of drug-likeness (QED) is 0.893. The first-order valence-corrected chi connectivity index (χ1v) is 8.06. The van der Waals surface area contributed by atoms with Gasteiger partial charge in [0, 0.05) is 18.0 Å². The first-order valence-electron chi connectivity index (χ1n) is 6.53. The molecule has 0 bridgehead atoms. The summed E-state index contributed by atoms with van der Waals surface area (Å²) in [6.45, 7) is 0. The van der Waals surface area contributed by atoms with Crippen LogP contribution in [-0.2, 0) is 4.79 Å². The topological polar surface area (TPSA) is 71.3 Å². The molecule has 1 unspecified atom stereocenters. The maximum Gasteiger partial charge on any atom is 0.330 e. The van der Waals surface area contributed by atoms with Crippen molar-refractivity contribution in [3.8, 4) is 0 Å². The number of rotatable bonds is 4. The van der Waals surface area contributed by atoms with Gasteiger partial charge in [-0.25, -0.2) is 4.79 Å². The predicted octanol–water partition coefficient (Wildman–Crippen LogP) is 2.17. The van der Waals surface area contributed by atoms with E-state index in [-0.39, 0.29) is 5.91 Å². The molecule has 1 atom stereocenters. The molecule has 1 aromatic rings. The number of hydrogen-bond acceptors (Lipinski definition) is 3. The van der Waals surface area contributed by atoms with Crippen molar-refractivity contribution in [1.29, 1.82) is 0 Å². The van der Waals surface area contributed by atoms with Crippen LogP contribution in [0.25, 0.3) is 0 Å². The molecule has 20 heavy (non-hydrogen) atoms. The zero-order chi connectivity index (χ0) is 14.3. The normalized spacial score (nSPS) is 25.6. The average Bonchev–Trinajstić information content (AvgIpc) is 3.00. The van der Waals surface area contributed by atoms with E-state index in [0.29, 0.717) is 28.9 Å². The second kappa shape index (κ2) is 5.00. The number of nitrogens with one attached hydrogen (secondary N) is 1. The molecular formula is C13H15ClN2O3S. The summed E-state index contributed by atoms with van der Waals surface area (Å²) < 4.78 is 1.86. The van der Waals surface area contributed by atoms with Gasteiger partial charge in [0.15, 0.2) is 0 Å². The first-order chi connectivity index (χ1) is 9.52. The Hall–Kier alpha value is -1.14. The highest BCUT2D eigenvalue weighted by atomic mass is 35.5. The number of amides is 1. The van der Waals surface area contributed by atoms with Gasteiger partial charge in [-0.3, -0.25) is 4.79 Å². The Morgan fingerprint density at radius 1 is 1.50 bits per heavy atom. The zero-order valence-corrected chi connectivity index (χ0v) is 12.3. The van der Waals surface area contributed by atoms with E-state index >= 15 is 0 Å². The number of carboxylic acids is 1. The summed E-state index contributed by atoms with van der Waals surface area (Å²) in [6.07, 6.45) is 4.26. The summed E-state index contributed by atoms with van der Waals surface area (Å²) in [6, 6.07) is 1.93. The third kappa shape index (κ3) is 2.42. The van der Waals surface area contributed by atoms with Crippen LogP contribution in [0.2, 0.25) is 5.02 Å². The second-order valence-electron chi connectivity index (χ2n) is 5.33. The standard InChI is InChI=1S/C13H15ClN2O3S/c14-8-5-10(16(6-8)9-1-2-9)11(17)15-13(12(18)19)3-4-20-7-13/h5-6,9H,1-4,7H2,(H,15,17)(H,18,19). The molecule has 1 saturated carbocycles. The van der Waals surface area contributed by atoms with Crippen molar-refractivity contribution in [2.75, 3.05) is 11.5 Å². The minimum atomic E-state index is -1.15. The Balaban J connectivity index is 1.84. The second-order valence-corrected chi connectivity index (χ2v) is 6.87. The third-order valence-corrected chi connectivity index (χ3v) is 5.17. The zero-order valence-electron chi connectivity index (χ0n) is 10.8. The summed E-state index contributed by atoms with van der Waals surface area (Å²) >= 11 is 7.52. The maximum absolute atomic E-state index is 12.4. The van der Waals surface area contributed by atoms with Gasteiger partial charge < -0.3 is 15.0 Å². The van der Waals surface area contributed by atoms with Crippen molar-refractivity contribution < 1.29 is 14.7 Å². The van der Waals surface area contributed by atoms with Crippen LogP contribution in [0.3, 0.4) is 0 Å². The molecule has 108 valence electrons. The number of carbonyl (C=O) groups is 2. The fraction of sp³-hybridized carbons (Fsp3) is 0.538. The monoisotopic (exact) mass is 314 g/mol. The molecule has 0 radical (unpaired) electrons. The van der Waals surface area contributed by atoms with Crippen molar-refractivity contribution in [3.05, 3.63) is 23.0 Å². The van der Waals surface area contributed by atoms with E-state index in [2.05, 4.69) is 5.32 Å². The lowest BCUT2D eigenvalue weighted by Gasteiger charge is -2.24. The molecular weight excluding hydrogens is 300 g/mol. The lowest BCUT2D eigenvalue weighted by atomic mass is 9.99. The minimum absolute atomic E-state index is 0.321. The number of halogens is 1. The van der Waals surface area contributed by atoms with Gasteiger partial charge in [0.25, 0.3) is 5.91 Å². The van der Waals surface area contributed by atoms with E-state index in [1.165, 1.54) is 0 Å². The number of nitrogens with zero attached hydrogens (tertiary/aromatic N) is 1. The fourth-order valence-electron chi connectivity index (χ4n) is 2.45. The number of thioether (sulfide) groups is 1. The van der Waals surface area contributed by atoms with Gasteiger partial charge in [0.2, 0.25) is 0 Å². The number of carbonyl (C=O) groups excluding carboxylic acids is 1. The molecule has 2 N–H and O–H groups in total. The first kappa shape index (κ1) is 13.8. The van der Waals surface area contributed by atoms with Gasteiger partial charge in [-0.2, -0.15) is 11.8 Å². The molecule has 1 aliphatic carbocycles. The average molecular weight is 315 g/mol. The molecule has 1 amide bonds. The fourth-order valence-corrected chi connectivity index (χ4v) is 3.98. The van der Waals surface area contributed by atoms with Gasteiger partial charge in [0.05, 0.1) is 5.02 Å². The summed E-state index contributed by atoms with van der Waals surface area (Å²) in [5.74, 6) is -0.164. The molecule has 5 nitrogen and oxygen atoms in total. The van der Waals surface area contributed by atoms with Gasteiger partial charge in [-0.1, -0.05) is 11.6 Å². The SMILES string of the molecule is O=C(NC1(C(=O)O)CCSC1)c1cc(Cl)cn1C1CC1. The molecule has 2 aliphatic rings. The molecule has 0 aromatic carbocycles. The Labute approximate surface area is 125 Å². The van der Waals surface area contributed by atoms with Crippen molar-refractivity contribution >= 4 is 35.2 Å². The van der Waals surface area contributed by atoms with Gasteiger partial charge in [-0.05, 0) is 31.1 Å². The Morgan fingerprint density at radius 3 is 2.80 bits per heavy atom. The smallest absolute Gasteiger partial charge is 0.330 e. The number of aromatic nitrogens is 1. The van der Waals surface area contributed by atoms with Crippen LogP contribution >= 0.6 is 23.4 Å². The van der Waals surface area contributed by atoms with E-state index in [0.717, 1.165) is 18.6 Å². The Bertz CT molecular complexity index is 562. The highest BCUT2D eigenvalue weighted by Crippen LogP contribution is 2.37. The Kier molecular flexibility index (Phi) is 3.46. The van der Waals surface area contributed by atoms with Crippen LogP contribution < -0.4 is 5.32 Å². The summed E-state index contributed by atoms with van der Waals surface area (Å²) in [5, 5.41) is 12.6. The molecule has 1 saturated heterocycles. The van der Waals surface area contributed by atoms with Gasteiger partial charge in [-0.15, -0.1) is 0 Å². The van der Waals surface area contributed by atoms with E-state index < -0.39 is 11.5 Å². The number of hydrogen-bond donors (Lipinski definition) is 2. The molecule has 1 aliphatic heterocycles. The van der Waals surface area contributed by atoms with Crippen LogP contribution in [-0.4, -0.2) is 38.6 Å². The third-order valence-electron chi connectivity index (χ3n) is 3.77. The highest BCUT2D eigenvalue weighted by Gasteiger charge is 2.44. The van der Waals surface area contributed by atoms with Crippen LogP contribution in [0.1, 0.15) is 35.8 Å². The van der Waals surface area contributed by atoms with Crippen LogP contribution in [0.4, 0.5) is 0 Å². The van der Waals surface area contributed by atoms with E-state index in [4.69, 9.17) is 11.6 Å².